The van der Waals surface area contributed by atoms with Gasteiger partial charge in [0.2, 0.25) is 5.91 Å². The van der Waals surface area contributed by atoms with Crippen LogP contribution in [0.15, 0.2) is 42.7 Å². The summed E-state index contributed by atoms with van der Waals surface area (Å²) in [5, 5.41) is 21.2. The van der Waals surface area contributed by atoms with Crippen LogP contribution in [0.25, 0.3) is 11.1 Å². The first-order chi connectivity index (χ1) is 15.4. The number of nitrogens with zero attached hydrogens (tertiary/aromatic N) is 4. The summed E-state index contributed by atoms with van der Waals surface area (Å²) < 4.78 is 0. The van der Waals surface area contributed by atoms with Crippen LogP contribution >= 0.6 is 0 Å². The molecular weight excluding hydrogens is 402 g/mol. The van der Waals surface area contributed by atoms with E-state index in [4.69, 9.17) is 5.26 Å². The normalized spacial score (nSPS) is 16.4. The maximum Gasteiger partial charge on any atom is 0.228 e. The summed E-state index contributed by atoms with van der Waals surface area (Å²) in [6, 6.07) is 12.4. The van der Waals surface area contributed by atoms with Crippen LogP contribution in [0.1, 0.15) is 38.7 Å². The first kappa shape index (κ1) is 23.7. The Balaban J connectivity index is 1.75. The Hall–Kier alpha value is -2.95. The number of benzene rings is 1. The molecule has 0 aliphatic carbocycles. The zero-order chi connectivity index (χ0) is 23.1. The van der Waals surface area contributed by atoms with Crippen molar-refractivity contribution in [1.82, 2.24) is 15.2 Å². The molecule has 2 unspecified atom stereocenters. The Labute approximate surface area is 190 Å². The number of pyridine rings is 1. The van der Waals surface area contributed by atoms with Crippen LogP contribution in [-0.4, -0.2) is 59.8 Å². The van der Waals surface area contributed by atoms with E-state index in [-0.39, 0.29) is 18.4 Å². The molecule has 1 aromatic carbocycles. The summed E-state index contributed by atoms with van der Waals surface area (Å²) in [4.78, 5) is 21.5. The van der Waals surface area contributed by atoms with E-state index in [1.165, 1.54) is 0 Å². The molecule has 3 rings (SSSR count). The van der Waals surface area contributed by atoms with Gasteiger partial charge in [-0.25, -0.2) is 0 Å². The van der Waals surface area contributed by atoms with Crippen molar-refractivity contribution in [2.45, 2.75) is 39.3 Å². The standard InChI is InChI=1S/C25H33N5O2/c1-18(2)14-24(25(32)28-9-8-26)22-15-21(16-27-17-22)20-4-6-23(7-5-20)30-12-10-29(11-13-30)19(3)31/h4-7,15-19,24,31H,9-14H2,1-3H3,(H,28,32). The van der Waals surface area contributed by atoms with Crippen molar-refractivity contribution >= 4 is 11.6 Å². The highest BCUT2D eigenvalue weighted by Crippen LogP contribution is 2.29. The van der Waals surface area contributed by atoms with Crippen LogP contribution in [0.2, 0.25) is 0 Å². The van der Waals surface area contributed by atoms with Gasteiger partial charge in [0.1, 0.15) is 12.8 Å². The average molecular weight is 436 g/mol. The molecule has 0 radical (unpaired) electrons. The van der Waals surface area contributed by atoms with Crippen molar-refractivity contribution in [2.24, 2.45) is 5.92 Å². The van der Waals surface area contributed by atoms with Crippen LogP contribution in [-0.2, 0) is 4.79 Å². The second-order valence-electron chi connectivity index (χ2n) is 8.77. The summed E-state index contributed by atoms with van der Waals surface area (Å²) >= 11 is 0. The maximum absolute atomic E-state index is 12.7. The number of anilines is 1. The number of aliphatic hydroxyl groups is 1. The lowest BCUT2D eigenvalue weighted by molar-refractivity contribution is -0.122. The quantitative estimate of drug-likeness (QED) is 0.620. The number of aromatic nitrogens is 1. The van der Waals surface area contributed by atoms with Crippen molar-refractivity contribution in [3.05, 3.63) is 48.3 Å². The van der Waals surface area contributed by atoms with Crippen molar-refractivity contribution in [2.75, 3.05) is 37.6 Å². The Bertz CT molecular complexity index is 928. The van der Waals surface area contributed by atoms with Crippen molar-refractivity contribution in [3.8, 4) is 17.2 Å². The lowest BCUT2D eigenvalue weighted by Crippen LogP contribution is -2.49. The summed E-state index contributed by atoms with van der Waals surface area (Å²) in [5.41, 5.74) is 4.04. The fourth-order valence-corrected chi connectivity index (χ4v) is 4.14. The van der Waals surface area contributed by atoms with Gasteiger partial charge in [0.15, 0.2) is 0 Å². The number of carbonyl (C=O) groups is 1. The number of nitrogens with one attached hydrogen (secondary N) is 1. The third-order valence-electron chi connectivity index (χ3n) is 5.94. The van der Waals surface area contributed by atoms with Crippen LogP contribution in [0.3, 0.4) is 0 Å². The molecule has 2 aromatic rings. The summed E-state index contributed by atoms with van der Waals surface area (Å²) in [7, 11) is 0. The maximum atomic E-state index is 12.7. The molecular formula is C25H33N5O2. The number of rotatable bonds is 8. The number of piperazine rings is 1. The Morgan fingerprint density at radius 3 is 2.41 bits per heavy atom. The molecule has 0 bridgehead atoms. The van der Waals surface area contributed by atoms with Gasteiger partial charge in [-0.15, -0.1) is 0 Å². The Kier molecular flexibility index (Phi) is 8.20. The van der Waals surface area contributed by atoms with Crippen LogP contribution in [0, 0.1) is 17.2 Å². The second-order valence-corrected chi connectivity index (χ2v) is 8.77. The highest BCUT2D eigenvalue weighted by atomic mass is 16.3. The van der Waals surface area contributed by atoms with E-state index in [9.17, 15) is 9.90 Å². The highest BCUT2D eigenvalue weighted by molar-refractivity contribution is 5.84. The molecule has 2 heterocycles. The number of hydrogen-bond acceptors (Lipinski definition) is 6. The van der Waals surface area contributed by atoms with E-state index in [0.29, 0.717) is 12.3 Å². The van der Waals surface area contributed by atoms with Gasteiger partial charge in [-0.05, 0) is 48.6 Å². The molecule has 7 nitrogen and oxygen atoms in total. The molecule has 2 N–H and O–H groups in total. The topological polar surface area (TPSA) is 92.5 Å². The predicted octanol–water partition coefficient (Wildman–Crippen LogP) is 2.98. The van der Waals surface area contributed by atoms with E-state index >= 15 is 0 Å². The molecule has 170 valence electrons. The number of carbonyl (C=O) groups excluding carboxylic acids is 1. The highest BCUT2D eigenvalue weighted by Gasteiger charge is 2.23. The smallest absolute Gasteiger partial charge is 0.228 e. The molecule has 1 amide bonds. The molecule has 1 saturated heterocycles. The zero-order valence-electron chi connectivity index (χ0n) is 19.2. The number of hydrogen-bond donors (Lipinski definition) is 2. The Morgan fingerprint density at radius 1 is 1.12 bits per heavy atom. The zero-order valence-corrected chi connectivity index (χ0v) is 19.2. The first-order valence-corrected chi connectivity index (χ1v) is 11.3. The van der Waals surface area contributed by atoms with Gasteiger partial charge in [0, 0.05) is 49.8 Å². The molecule has 32 heavy (non-hydrogen) atoms. The molecule has 7 heteroatoms. The van der Waals surface area contributed by atoms with Crippen LogP contribution in [0.4, 0.5) is 5.69 Å². The van der Waals surface area contributed by atoms with Crippen molar-refractivity contribution in [1.29, 1.82) is 5.26 Å². The molecule has 1 fully saturated rings. The fourth-order valence-electron chi connectivity index (χ4n) is 4.14. The second kappa shape index (κ2) is 11.1. The number of aliphatic hydroxyl groups excluding tert-OH is 1. The fraction of sp³-hybridized carbons (Fsp3) is 0.480. The largest absolute Gasteiger partial charge is 0.379 e. The molecule has 1 aliphatic heterocycles. The third-order valence-corrected chi connectivity index (χ3v) is 5.94. The Morgan fingerprint density at radius 2 is 1.81 bits per heavy atom. The van der Waals surface area contributed by atoms with E-state index < -0.39 is 6.23 Å². The molecule has 1 aliphatic rings. The minimum Gasteiger partial charge on any atom is -0.379 e. The van der Waals surface area contributed by atoms with Gasteiger partial charge in [-0.3, -0.25) is 14.7 Å². The summed E-state index contributed by atoms with van der Waals surface area (Å²) in [6.07, 6.45) is 3.86. The monoisotopic (exact) mass is 435 g/mol. The van der Waals surface area contributed by atoms with Gasteiger partial charge < -0.3 is 15.3 Å². The van der Waals surface area contributed by atoms with Gasteiger partial charge in [-0.1, -0.05) is 26.0 Å². The van der Waals surface area contributed by atoms with Gasteiger partial charge in [-0.2, -0.15) is 5.26 Å². The number of nitriles is 1. The summed E-state index contributed by atoms with van der Waals surface area (Å²) in [6.45, 7) is 9.45. The molecule has 2 atom stereocenters. The van der Waals surface area contributed by atoms with Gasteiger partial charge in [0.25, 0.3) is 0 Å². The third kappa shape index (κ3) is 6.06. The SMILES string of the molecule is CC(C)CC(C(=O)NCC#N)c1cncc(-c2ccc(N3CCN(C(C)O)CC3)cc2)c1. The minimum absolute atomic E-state index is 0.00743. The molecule has 0 spiro atoms. The van der Waals surface area contributed by atoms with Crippen molar-refractivity contribution < 1.29 is 9.90 Å². The van der Waals surface area contributed by atoms with Crippen molar-refractivity contribution in [3.63, 3.8) is 0 Å². The van der Waals surface area contributed by atoms with E-state index in [2.05, 4.69) is 58.2 Å². The molecule has 0 saturated carbocycles. The predicted molar refractivity (Wildman–Crippen MR) is 126 cm³/mol. The number of amides is 1. The van der Waals surface area contributed by atoms with E-state index in [0.717, 1.165) is 48.6 Å². The van der Waals surface area contributed by atoms with Gasteiger partial charge in [0.05, 0.1) is 12.0 Å². The minimum atomic E-state index is -0.402. The summed E-state index contributed by atoms with van der Waals surface area (Å²) in [5.74, 6) is -0.128. The molecule has 1 aromatic heterocycles. The first-order valence-electron chi connectivity index (χ1n) is 11.3. The van der Waals surface area contributed by atoms with Crippen LogP contribution < -0.4 is 10.2 Å². The van der Waals surface area contributed by atoms with E-state index in [1.54, 1.807) is 6.20 Å². The van der Waals surface area contributed by atoms with Gasteiger partial charge >= 0.3 is 0 Å². The lowest BCUT2D eigenvalue weighted by atomic mass is 9.89. The van der Waals surface area contributed by atoms with Crippen LogP contribution in [0.5, 0.6) is 0 Å². The lowest BCUT2D eigenvalue weighted by Gasteiger charge is -2.37. The average Bonchev–Trinajstić information content (AvgIpc) is 2.81. The van der Waals surface area contributed by atoms with E-state index in [1.807, 2.05) is 25.3 Å².